The number of ether oxygens (including phenoxy) is 3. The van der Waals surface area contributed by atoms with Crippen LogP contribution in [0.4, 0.5) is 19.0 Å². The van der Waals surface area contributed by atoms with Crippen LogP contribution in [0.25, 0.3) is 0 Å². The maximum absolute atomic E-state index is 15.2. The zero-order chi connectivity index (χ0) is 31.4. The number of hydrogen-bond donors (Lipinski definition) is 4. The van der Waals surface area contributed by atoms with E-state index in [2.05, 4.69) is 15.2 Å². The average Bonchev–Trinajstić information content (AvgIpc) is 3.10. The van der Waals surface area contributed by atoms with E-state index in [9.17, 15) is 28.3 Å². The van der Waals surface area contributed by atoms with Crippen molar-refractivity contribution in [3.05, 3.63) is 21.7 Å². The lowest BCUT2D eigenvalue weighted by Gasteiger charge is -2.35. The van der Waals surface area contributed by atoms with Crippen molar-refractivity contribution in [1.29, 1.82) is 0 Å². The molecule has 1 aliphatic rings. The molecule has 0 amide bonds. The summed E-state index contributed by atoms with van der Waals surface area (Å²) in [7, 11) is 0. The highest BCUT2D eigenvalue weighted by molar-refractivity contribution is 8.10. The van der Waals surface area contributed by atoms with E-state index >= 15 is 4.39 Å². The van der Waals surface area contributed by atoms with Crippen LogP contribution in [0, 0.1) is 0 Å². The second kappa shape index (κ2) is 14.1. The van der Waals surface area contributed by atoms with Crippen molar-refractivity contribution in [2.24, 2.45) is 0 Å². The first kappa shape index (κ1) is 35.3. The number of halogens is 4. The summed E-state index contributed by atoms with van der Waals surface area (Å²) in [5.41, 5.74) is 1.21. The van der Waals surface area contributed by atoms with E-state index in [-0.39, 0.29) is 5.02 Å². The van der Waals surface area contributed by atoms with Crippen molar-refractivity contribution in [3.8, 4) is 0 Å². The number of alkyl halides is 3. The molecule has 6 atom stereocenters. The topological polar surface area (TPSA) is 176 Å². The van der Waals surface area contributed by atoms with Gasteiger partial charge in [0.05, 0.1) is 23.8 Å². The molecule has 0 aliphatic carbocycles. The molecular formula is C22H34ClF3N5O8PS. The summed E-state index contributed by atoms with van der Waals surface area (Å²) in [6.07, 6.45) is -11.0. The highest BCUT2D eigenvalue weighted by atomic mass is 35.5. The van der Waals surface area contributed by atoms with E-state index in [4.69, 9.17) is 47.9 Å². The maximum atomic E-state index is 15.2. The molecule has 234 valence electrons. The normalized spacial score (nSPS) is 25.8. The molecule has 5 N–H and O–H groups in total. The van der Waals surface area contributed by atoms with Gasteiger partial charge >= 0.3 is 17.6 Å². The Morgan fingerprint density at radius 1 is 1.20 bits per heavy atom. The smallest absolute Gasteiger partial charge is 0.351 e. The number of nitrogen functional groups attached to an aromatic ring is 1. The van der Waals surface area contributed by atoms with E-state index in [1.54, 1.807) is 27.7 Å². The Bertz CT molecular complexity index is 1180. The van der Waals surface area contributed by atoms with Gasteiger partial charge in [-0.2, -0.15) is 4.98 Å². The van der Waals surface area contributed by atoms with Crippen molar-refractivity contribution in [2.75, 3.05) is 12.3 Å². The predicted octanol–water partition coefficient (Wildman–Crippen LogP) is 1.81. The summed E-state index contributed by atoms with van der Waals surface area (Å²) in [6.45, 7) is 4.01. The van der Waals surface area contributed by atoms with Crippen LogP contribution >= 0.6 is 18.2 Å². The van der Waals surface area contributed by atoms with Gasteiger partial charge in [0, 0.05) is 6.20 Å². The van der Waals surface area contributed by atoms with Gasteiger partial charge < -0.3 is 29.6 Å². The van der Waals surface area contributed by atoms with Crippen molar-refractivity contribution >= 4 is 47.7 Å². The monoisotopic (exact) mass is 651 g/mol. The zero-order valence-electron chi connectivity index (χ0n) is 23.0. The molecule has 0 bridgehead atoms. The third-order valence-corrected chi connectivity index (χ3v) is 8.79. The van der Waals surface area contributed by atoms with Gasteiger partial charge in [-0.15, -0.1) is 0 Å². The van der Waals surface area contributed by atoms with E-state index in [1.807, 2.05) is 0 Å². The number of rotatable bonds is 13. The average molecular weight is 652 g/mol. The third kappa shape index (κ3) is 8.60. The minimum atomic E-state index is -3.86. The molecular weight excluding hydrogens is 618 g/mol. The quantitative estimate of drug-likeness (QED) is 0.180. The molecule has 13 nitrogen and oxygen atoms in total. The van der Waals surface area contributed by atoms with Crippen LogP contribution in [-0.2, 0) is 40.1 Å². The van der Waals surface area contributed by atoms with Crippen LogP contribution in [0.15, 0.2) is 11.0 Å². The fourth-order valence-corrected chi connectivity index (χ4v) is 6.68. The minimum absolute atomic E-state index is 0.297. The van der Waals surface area contributed by atoms with E-state index in [0.29, 0.717) is 4.57 Å². The first-order chi connectivity index (χ1) is 18.8. The number of anilines is 1. The minimum Gasteiger partial charge on any atom is -0.462 e. The number of carbonyl (C=O) groups excluding carboxylic acids is 2. The van der Waals surface area contributed by atoms with Gasteiger partial charge in [-0.1, -0.05) is 11.6 Å². The summed E-state index contributed by atoms with van der Waals surface area (Å²) in [6, 6.07) is -2.33. The Hall–Kier alpha value is -1.85. The summed E-state index contributed by atoms with van der Waals surface area (Å²) >= 11 is 11.4. The molecule has 1 saturated heterocycles. The molecule has 0 aromatic carbocycles. The van der Waals surface area contributed by atoms with Gasteiger partial charge in [0.15, 0.2) is 24.6 Å². The van der Waals surface area contributed by atoms with Gasteiger partial charge in [-0.25, -0.2) is 28.1 Å². The number of aliphatic hydroxyl groups is 1. The van der Waals surface area contributed by atoms with E-state index in [0.717, 1.165) is 6.20 Å². The Labute approximate surface area is 244 Å². The molecule has 1 aliphatic heterocycles. The fourth-order valence-electron chi connectivity index (χ4n) is 3.59. The Kier molecular flexibility index (Phi) is 12.1. The lowest BCUT2D eigenvalue weighted by molar-refractivity contribution is -0.191. The van der Waals surface area contributed by atoms with Crippen LogP contribution in [-0.4, -0.2) is 81.8 Å². The molecule has 0 spiro atoms. The Morgan fingerprint density at radius 3 is 2.12 bits per heavy atom. The van der Waals surface area contributed by atoms with Gasteiger partial charge in [-0.05, 0) is 53.3 Å². The summed E-state index contributed by atoms with van der Waals surface area (Å²) in [4.78, 5) is 40.5. The second-order valence-corrected chi connectivity index (χ2v) is 13.6. The van der Waals surface area contributed by atoms with E-state index < -0.39 is 91.4 Å². The number of aliphatic hydroxyl groups excluding tert-OH is 1. The van der Waals surface area contributed by atoms with Crippen molar-refractivity contribution in [3.63, 3.8) is 0 Å². The summed E-state index contributed by atoms with van der Waals surface area (Å²) in [5, 5.41) is 15.6. The standard InChI is InChI=1S/C22H34ClF3N5O8PS/c1-9(2)37-18(33)11(5)29-40(41,30-12(6)19(34)38-10(3)4)36-8-22(20(25)26)15(32)14(24)17(39-22)31-7-13(23)16(27)28-21(31)35/h7,9-12,14-15,17,20,32H,8H2,1-6H3,(H2,27,28,35)(H2,29,30,41). The molecule has 0 radical (unpaired) electrons. The van der Waals surface area contributed by atoms with Crippen LogP contribution in [0.1, 0.15) is 47.8 Å². The summed E-state index contributed by atoms with van der Waals surface area (Å²) in [5.74, 6) is -1.93. The van der Waals surface area contributed by atoms with E-state index in [1.165, 1.54) is 13.8 Å². The number of esters is 2. The predicted molar refractivity (Wildman–Crippen MR) is 146 cm³/mol. The van der Waals surface area contributed by atoms with Crippen LogP contribution in [0.3, 0.4) is 0 Å². The number of nitrogens with one attached hydrogen (secondary N) is 2. The van der Waals surface area contributed by atoms with Crippen LogP contribution in [0.2, 0.25) is 5.02 Å². The van der Waals surface area contributed by atoms with Gasteiger partial charge in [0.2, 0.25) is 0 Å². The van der Waals surface area contributed by atoms with Crippen LogP contribution < -0.4 is 21.6 Å². The Morgan fingerprint density at radius 2 is 1.68 bits per heavy atom. The van der Waals surface area contributed by atoms with Gasteiger partial charge in [-0.3, -0.25) is 14.2 Å². The number of carbonyl (C=O) groups is 2. The number of hydrogen-bond acceptors (Lipinski definition) is 11. The van der Waals surface area contributed by atoms with Crippen molar-refractivity contribution in [2.45, 2.75) is 96.4 Å². The molecule has 2 rings (SSSR count). The molecule has 1 aromatic rings. The second-order valence-electron chi connectivity index (χ2n) is 9.82. The number of nitrogens with zero attached hydrogens (tertiary/aromatic N) is 2. The molecule has 0 saturated carbocycles. The zero-order valence-corrected chi connectivity index (χ0v) is 25.5. The van der Waals surface area contributed by atoms with Gasteiger partial charge in [0.1, 0.15) is 24.0 Å². The summed E-state index contributed by atoms with van der Waals surface area (Å²) < 4.78 is 65.8. The lowest BCUT2D eigenvalue weighted by Crippen LogP contribution is -2.53. The number of nitrogens with two attached hydrogens (primary N) is 1. The molecule has 19 heteroatoms. The largest absolute Gasteiger partial charge is 0.462 e. The Balaban J connectivity index is 2.41. The third-order valence-electron chi connectivity index (χ3n) is 5.60. The van der Waals surface area contributed by atoms with Crippen molar-refractivity contribution < 1.29 is 46.6 Å². The lowest BCUT2D eigenvalue weighted by atomic mass is 9.97. The highest BCUT2D eigenvalue weighted by Crippen LogP contribution is 2.47. The number of aromatic nitrogens is 2. The molecule has 6 unspecified atom stereocenters. The fraction of sp³-hybridized carbons (Fsp3) is 0.727. The molecule has 41 heavy (non-hydrogen) atoms. The van der Waals surface area contributed by atoms with Gasteiger partial charge in [0.25, 0.3) is 6.43 Å². The maximum Gasteiger partial charge on any atom is 0.351 e. The van der Waals surface area contributed by atoms with Crippen molar-refractivity contribution in [1.82, 2.24) is 19.7 Å². The molecule has 2 heterocycles. The first-order valence-corrected chi connectivity index (χ1v) is 15.5. The highest BCUT2D eigenvalue weighted by Gasteiger charge is 2.62. The molecule has 1 fully saturated rings. The SMILES string of the molecule is CC(C)OC(=O)C(C)NP(=S)(NC(C)C(=O)OC(C)C)OCC1(C(F)F)OC(n2cc(Cl)c(N)nc2=O)C(F)C1O. The van der Waals surface area contributed by atoms with Crippen LogP contribution in [0.5, 0.6) is 0 Å². The first-order valence-electron chi connectivity index (χ1n) is 12.4. The molecule has 1 aromatic heterocycles.